The molecule has 3 atom stereocenters. The van der Waals surface area contributed by atoms with Crippen molar-refractivity contribution in [3.8, 4) is 79.9 Å². The summed E-state index contributed by atoms with van der Waals surface area (Å²) in [6.45, 7) is 19.3. The molecule has 0 aliphatic carbocycles. The smallest absolute Gasteiger partial charge is 0.258 e. The van der Waals surface area contributed by atoms with Crippen LogP contribution < -0.4 is 83.0 Å². The average molecular weight is 1780 g/mol. The zero-order valence-electron chi connectivity index (χ0n) is 72.7. The number of nitrogens with one attached hydrogen (secondary N) is 4. The highest BCUT2D eigenvalue weighted by Crippen LogP contribution is 2.31. The van der Waals surface area contributed by atoms with Crippen molar-refractivity contribution in [2.45, 2.75) is 38.0 Å². The number of likely N-dealkylation sites (tertiary alicyclic amines) is 1. The number of aromatic nitrogens is 12. The minimum atomic E-state index is -0.533. The fourth-order valence-corrected chi connectivity index (χ4v) is 17.1. The van der Waals surface area contributed by atoms with E-state index in [0.29, 0.717) is 91.7 Å². The van der Waals surface area contributed by atoms with Crippen LogP contribution in [0.1, 0.15) is 30.9 Å². The maximum Gasteiger partial charge on any atom is 0.258 e. The summed E-state index contributed by atoms with van der Waals surface area (Å²) in [5.74, 6) is -0.790. The van der Waals surface area contributed by atoms with Crippen LogP contribution in [0.5, 0.6) is 11.5 Å². The highest BCUT2D eigenvalue weighted by atomic mass is 19.1. The quantitative estimate of drug-likeness (QED) is 0.0722. The fourth-order valence-electron chi connectivity index (χ4n) is 17.1. The van der Waals surface area contributed by atoms with Crippen molar-refractivity contribution in [3.05, 3.63) is 300 Å². The Morgan fingerprint density at radius 2 is 0.795 bits per heavy atom. The van der Waals surface area contributed by atoms with Crippen LogP contribution in [0, 0.1) is 40.1 Å². The van der Waals surface area contributed by atoms with E-state index >= 15 is 0 Å². The number of anilines is 5. The van der Waals surface area contributed by atoms with E-state index in [0.717, 1.165) is 170 Å². The van der Waals surface area contributed by atoms with Gasteiger partial charge in [-0.3, -0.25) is 60.8 Å². The topological polar surface area (TPSA) is 351 Å². The Kier molecular flexibility index (Phi) is 27.1. The number of rotatable bonds is 13. The number of methoxy groups -OCH3 is 2. The molecule has 0 saturated carbocycles. The summed E-state index contributed by atoms with van der Waals surface area (Å²) in [5.41, 5.74) is 12.3. The number of nitriles is 2. The Morgan fingerprint density at radius 1 is 0.394 bits per heavy atom. The van der Waals surface area contributed by atoms with Crippen molar-refractivity contribution in [2.24, 2.45) is 0 Å². The average Bonchev–Trinajstić information content (AvgIpc) is 1.69. The molecule has 6 aliphatic rings. The summed E-state index contributed by atoms with van der Waals surface area (Å²) in [7, 11) is 2.99. The number of ether oxygens (including phenoxy) is 2. The van der Waals surface area contributed by atoms with E-state index in [1.165, 1.54) is 93.8 Å². The van der Waals surface area contributed by atoms with E-state index in [9.17, 15) is 42.3 Å². The van der Waals surface area contributed by atoms with Crippen LogP contribution in [0.2, 0.25) is 0 Å². The first-order valence-electron chi connectivity index (χ1n) is 43.6. The van der Waals surface area contributed by atoms with Gasteiger partial charge in [0, 0.05) is 225 Å². The van der Waals surface area contributed by atoms with Crippen molar-refractivity contribution in [3.63, 3.8) is 0 Å². The van der Waals surface area contributed by atoms with Crippen molar-refractivity contribution in [2.75, 3.05) is 163 Å². The third-order valence-corrected chi connectivity index (χ3v) is 23.9. The summed E-state index contributed by atoms with van der Waals surface area (Å²) in [4.78, 5) is 107. The van der Waals surface area contributed by atoms with Gasteiger partial charge in [0.25, 0.3) is 27.8 Å². The third-order valence-electron chi connectivity index (χ3n) is 23.9. The first kappa shape index (κ1) is 88.9. The summed E-state index contributed by atoms with van der Waals surface area (Å²) in [6, 6.07) is 48.5. The molecular formula is C97H95F3N24O8. The van der Waals surface area contributed by atoms with Crippen LogP contribution in [0.25, 0.3) is 84.5 Å². The summed E-state index contributed by atoms with van der Waals surface area (Å²) in [6.07, 6.45) is 17.8. The molecule has 0 spiro atoms. The van der Waals surface area contributed by atoms with E-state index in [-0.39, 0.29) is 50.7 Å². The van der Waals surface area contributed by atoms with E-state index in [1.807, 2.05) is 85.2 Å². The molecule has 0 unspecified atom stereocenters. The summed E-state index contributed by atoms with van der Waals surface area (Å²) >= 11 is 0. The molecule has 15 aromatic rings. The minimum absolute atomic E-state index is 0.0779. The van der Waals surface area contributed by atoms with Gasteiger partial charge in [-0.1, -0.05) is 0 Å². The molecule has 0 bridgehead atoms. The highest BCUT2D eigenvalue weighted by Gasteiger charge is 2.37. The number of pyridine rings is 7. The number of piperazine rings is 4. The first-order valence-corrected chi connectivity index (χ1v) is 43.6. The van der Waals surface area contributed by atoms with Gasteiger partial charge in [-0.2, -0.15) is 10.5 Å². The lowest BCUT2D eigenvalue weighted by Crippen LogP contribution is -2.49. The third kappa shape index (κ3) is 20.5. The molecular weight excluding hydrogens is 1690 g/mol. The molecule has 12 aromatic heterocycles. The van der Waals surface area contributed by atoms with Gasteiger partial charge < -0.3 is 60.3 Å². The van der Waals surface area contributed by atoms with Gasteiger partial charge in [0.2, 0.25) is 0 Å². The molecule has 6 aliphatic heterocycles. The Morgan fingerprint density at radius 3 is 1.20 bits per heavy atom. The van der Waals surface area contributed by atoms with Crippen LogP contribution in [0.3, 0.4) is 0 Å². The minimum Gasteiger partial charge on any atom is -0.495 e. The zero-order chi connectivity index (χ0) is 91.5. The number of benzene rings is 3. The van der Waals surface area contributed by atoms with Crippen LogP contribution >= 0.6 is 0 Å². The maximum absolute atomic E-state index is 14.1. The number of aliphatic hydroxyl groups excluding tert-OH is 1. The van der Waals surface area contributed by atoms with Crippen molar-refractivity contribution in [1.82, 2.24) is 83.1 Å². The number of hydrogen-bond acceptors (Lipinski definition) is 27. The Hall–Kier alpha value is -15.1. The van der Waals surface area contributed by atoms with Crippen molar-refractivity contribution in [1.29, 1.82) is 10.5 Å². The number of hydrogen-bond donors (Lipinski definition) is 5. The number of aliphatic hydroxyl groups is 1. The standard InChI is InChI=1S/C23H25FN4O3.C20H18FN5O.C19H16FN5O.C18H19N5O2.C17H17N5O/c1-31-21-6-4-15(10-17(21)24)18-11-23(30)28-12-16(5-7-22(28)25-18)27-13-19(20(29)14-27)26-8-2-3-9-26;1-13-11-25(5-4-23-13)17-2-3-19-24-18(9-20(27)26(19)12-17)15-6-14(10-22)7-16(21)8-15;20-15-8-13(11-21)7-14(9-15)17-10-19(26)25-12-16(1-2-18(25)23-17)24-5-3-22-4-6-24;1-25-15-8-13(10-20-11-15)16-9-18(24)23-12-14(2-3-17(23)21-16)22-6-4-19-5-7-22;23-17-10-15(13-2-1-5-19-11-13)20-16-4-3-14(12-22(16)17)21-8-6-18-7-9-21/h4-7,10-12,19-20,29H,2-3,8-9,13-14H2,1H3;2-3,6-9,12-13,23H,4-5,11H2,1H3;1-2,7-10,12,22H,3-6H2;2-3,8-12,19H,4-7H2,1H3;1-5,10-12,18H,6-9H2/t19-,20-;13-;;;/m00.../s1. The molecule has 132 heavy (non-hydrogen) atoms. The van der Waals surface area contributed by atoms with Gasteiger partial charge >= 0.3 is 0 Å². The molecule has 6 saturated heterocycles. The van der Waals surface area contributed by atoms with E-state index in [2.05, 4.69) is 92.5 Å². The number of β-amino-alcohol motifs (C(OH)–C–C–N with tert-alkyl or cyclic N) is 1. The SMILES string of the molecule is COc1ccc(-c2cc(=O)n3cc(N4C[C@H](O)[C@@H](N5CCCC5)C4)ccc3n2)cc1F.COc1cncc(-c2cc(=O)n3cc(N4CCNCC4)ccc3n2)c1.C[C@H]1CN(c2ccc3nc(-c4cc(F)cc(C#N)c4)cc(=O)n3c2)CCN1.N#Cc1cc(F)cc(-c2cc(=O)n3cc(N4CCNCC4)ccc3n2)c1.O=c1cc(-c2cccnc2)nc2ccc(N3CCNCC3)cn12. The second kappa shape index (κ2) is 40.3. The fraction of sp³-hybridized carbons (Fsp3) is 0.278. The normalized spacial score (nSPS) is 16.9. The second-order valence-electron chi connectivity index (χ2n) is 32.7. The molecule has 5 N–H and O–H groups in total. The van der Waals surface area contributed by atoms with Crippen molar-refractivity contribution >= 4 is 56.7 Å². The molecule has 18 heterocycles. The Labute approximate surface area is 755 Å². The number of fused-ring (bicyclic) bond motifs is 5. The second-order valence-corrected chi connectivity index (χ2v) is 32.7. The van der Waals surface area contributed by atoms with E-state index in [4.69, 9.17) is 20.0 Å². The molecule has 672 valence electrons. The number of nitrogens with zero attached hydrogens (tertiary/aromatic N) is 20. The molecule has 32 nitrogen and oxygen atoms in total. The lowest BCUT2D eigenvalue weighted by molar-refractivity contribution is 0.0986. The highest BCUT2D eigenvalue weighted by molar-refractivity contribution is 5.70. The van der Waals surface area contributed by atoms with Crippen LogP contribution in [0.15, 0.2) is 244 Å². The number of halogens is 3. The van der Waals surface area contributed by atoms with E-state index in [1.54, 1.807) is 89.6 Å². The first-order chi connectivity index (χ1) is 64.2. The van der Waals surface area contributed by atoms with Gasteiger partial charge in [0.15, 0.2) is 11.6 Å². The van der Waals surface area contributed by atoms with Crippen LogP contribution in [-0.4, -0.2) is 224 Å². The van der Waals surface area contributed by atoms with Gasteiger partial charge in [0.05, 0.1) is 113 Å². The molecule has 0 radical (unpaired) electrons. The lowest BCUT2D eigenvalue weighted by atomic mass is 10.1. The predicted octanol–water partition coefficient (Wildman–Crippen LogP) is 8.45. The van der Waals surface area contributed by atoms with Crippen LogP contribution in [0.4, 0.5) is 41.6 Å². The van der Waals surface area contributed by atoms with E-state index < -0.39 is 23.6 Å². The Bertz CT molecular complexity index is 7190. The largest absolute Gasteiger partial charge is 0.495 e. The van der Waals surface area contributed by atoms with Gasteiger partial charge in [-0.15, -0.1) is 0 Å². The monoisotopic (exact) mass is 1780 g/mol. The summed E-state index contributed by atoms with van der Waals surface area (Å²) in [5, 5.41) is 41.9. The van der Waals surface area contributed by atoms with Gasteiger partial charge in [-0.25, -0.2) is 38.1 Å². The molecule has 35 heteroatoms. The molecule has 3 aromatic carbocycles. The zero-order valence-corrected chi connectivity index (χ0v) is 72.7. The van der Waals surface area contributed by atoms with Crippen molar-refractivity contribution < 1.29 is 27.8 Å². The lowest BCUT2D eigenvalue weighted by Gasteiger charge is -2.33. The van der Waals surface area contributed by atoms with Gasteiger partial charge in [0.1, 0.15) is 45.6 Å². The maximum atomic E-state index is 14.1. The molecule has 0 amide bonds. The summed E-state index contributed by atoms with van der Waals surface area (Å²) < 4.78 is 59.3. The van der Waals surface area contributed by atoms with Crippen LogP contribution in [-0.2, 0) is 0 Å². The predicted molar refractivity (Wildman–Crippen MR) is 500 cm³/mol. The Balaban J connectivity index is 0.000000116. The molecule has 6 fully saturated rings. The van der Waals surface area contributed by atoms with Gasteiger partial charge in [-0.05, 0) is 166 Å². The molecule has 21 rings (SSSR count).